The largest absolute Gasteiger partial charge is 0.395 e. The summed E-state index contributed by atoms with van der Waals surface area (Å²) in [7, 11) is 1.88. The van der Waals surface area contributed by atoms with Gasteiger partial charge in [0.25, 0.3) is 5.91 Å². The fraction of sp³-hybridized carbons (Fsp3) is 0.235. The van der Waals surface area contributed by atoms with E-state index < -0.39 is 12.0 Å². The molecule has 3 N–H and O–H groups in total. The van der Waals surface area contributed by atoms with Gasteiger partial charge in [0.05, 0.1) is 6.61 Å². The molecule has 0 fully saturated rings. The molecule has 0 aliphatic carbocycles. The second kappa shape index (κ2) is 7.59. The second-order valence-electron chi connectivity index (χ2n) is 4.99. The fourth-order valence-corrected chi connectivity index (χ4v) is 2.08. The molecule has 2 rings (SSSR count). The van der Waals surface area contributed by atoms with E-state index in [0.29, 0.717) is 17.8 Å². The van der Waals surface area contributed by atoms with Crippen LogP contribution < -0.4 is 10.2 Å². The third-order valence-electron chi connectivity index (χ3n) is 3.37. The second-order valence-corrected chi connectivity index (χ2v) is 4.99. The number of carbonyl (C=O) groups is 1. The van der Waals surface area contributed by atoms with Gasteiger partial charge in [-0.15, -0.1) is 0 Å². The van der Waals surface area contributed by atoms with Crippen LogP contribution in [0, 0.1) is 0 Å². The van der Waals surface area contributed by atoms with Crippen molar-refractivity contribution in [2.24, 2.45) is 0 Å². The summed E-state index contributed by atoms with van der Waals surface area (Å²) in [5, 5.41) is 21.6. The van der Waals surface area contributed by atoms with E-state index in [2.05, 4.69) is 5.32 Å². The number of carbonyl (C=O) groups excluding carboxylic acids is 1. The molecular weight excluding hydrogens is 280 g/mol. The molecule has 0 radical (unpaired) electrons. The van der Waals surface area contributed by atoms with Gasteiger partial charge in [0, 0.05) is 25.0 Å². The van der Waals surface area contributed by atoms with Crippen molar-refractivity contribution in [3.05, 3.63) is 60.2 Å². The first-order valence-corrected chi connectivity index (χ1v) is 7.08. The molecule has 0 aliphatic heterocycles. The van der Waals surface area contributed by atoms with E-state index in [9.17, 15) is 9.90 Å². The quantitative estimate of drug-likeness (QED) is 0.760. The van der Waals surface area contributed by atoms with Crippen molar-refractivity contribution in [1.29, 1.82) is 0 Å². The molecule has 0 spiro atoms. The van der Waals surface area contributed by atoms with Crippen molar-refractivity contribution in [2.45, 2.75) is 6.10 Å². The third-order valence-corrected chi connectivity index (χ3v) is 3.37. The topological polar surface area (TPSA) is 72.8 Å². The molecule has 0 saturated carbocycles. The average molecular weight is 300 g/mol. The average Bonchev–Trinajstić information content (AvgIpc) is 2.55. The smallest absolute Gasteiger partial charge is 0.257 e. The fourth-order valence-electron chi connectivity index (χ4n) is 2.08. The van der Waals surface area contributed by atoms with Crippen molar-refractivity contribution >= 4 is 17.3 Å². The van der Waals surface area contributed by atoms with E-state index in [-0.39, 0.29) is 6.61 Å². The molecule has 0 aromatic heterocycles. The Morgan fingerprint density at radius 3 is 2.36 bits per heavy atom. The molecule has 5 nitrogen and oxygen atoms in total. The Bertz CT molecular complexity index is 599. The standard InChI is InChI=1S/C17H20N2O3/c1-19(11-12-20)15-9-7-14(8-10-15)18-17(22)16(21)13-5-3-2-4-6-13/h2-10,16,20-21H,11-12H2,1H3,(H,18,22)/t16-/m1/s1. The maximum atomic E-state index is 12.0. The van der Waals surface area contributed by atoms with Crippen LogP contribution in [0.3, 0.4) is 0 Å². The summed E-state index contributed by atoms with van der Waals surface area (Å²) in [6, 6.07) is 16.0. The molecule has 1 atom stereocenters. The molecule has 0 unspecified atom stereocenters. The minimum absolute atomic E-state index is 0.0816. The number of aliphatic hydroxyl groups is 2. The Morgan fingerprint density at radius 2 is 1.77 bits per heavy atom. The summed E-state index contributed by atoms with van der Waals surface area (Å²) in [5.41, 5.74) is 2.11. The SMILES string of the molecule is CN(CCO)c1ccc(NC(=O)[C@H](O)c2ccccc2)cc1. The van der Waals surface area contributed by atoms with Gasteiger partial charge in [-0.2, -0.15) is 0 Å². The van der Waals surface area contributed by atoms with Crippen LogP contribution in [-0.2, 0) is 4.79 Å². The summed E-state index contributed by atoms with van der Waals surface area (Å²) in [6.07, 6.45) is -1.20. The first-order valence-electron chi connectivity index (χ1n) is 7.08. The number of amides is 1. The van der Waals surface area contributed by atoms with E-state index in [1.54, 1.807) is 36.4 Å². The van der Waals surface area contributed by atoms with Crippen LogP contribution in [0.2, 0.25) is 0 Å². The highest BCUT2D eigenvalue weighted by molar-refractivity contribution is 5.94. The van der Waals surface area contributed by atoms with E-state index in [1.807, 2.05) is 30.1 Å². The predicted molar refractivity (Wildman–Crippen MR) is 86.8 cm³/mol. The highest BCUT2D eigenvalue weighted by Crippen LogP contribution is 2.19. The Hall–Kier alpha value is -2.37. The van der Waals surface area contributed by atoms with Gasteiger partial charge in [0.2, 0.25) is 0 Å². The van der Waals surface area contributed by atoms with Crippen molar-refractivity contribution in [2.75, 3.05) is 30.4 Å². The van der Waals surface area contributed by atoms with Crippen molar-refractivity contribution < 1.29 is 15.0 Å². The number of aliphatic hydroxyl groups excluding tert-OH is 2. The number of hydrogen-bond donors (Lipinski definition) is 3. The Kier molecular flexibility index (Phi) is 5.52. The van der Waals surface area contributed by atoms with Gasteiger partial charge in [0.15, 0.2) is 6.10 Å². The van der Waals surface area contributed by atoms with E-state index in [4.69, 9.17) is 5.11 Å². The lowest BCUT2D eigenvalue weighted by molar-refractivity contribution is -0.124. The van der Waals surface area contributed by atoms with Gasteiger partial charge in [-0.3, -0.25) is 4.79 Å². The molecular formula is C17H20N2O3. The number of anilines is 2. The lowest BCUT2D eigenvalue weighted by Gasteiger charge is -2.18. The van der Waals surface area contributed by atoms with Crippen molar-refractivity contribution in [3.8, 4) is 0 Å². The summed E-state index contributed by atoms with van der Waals surface area (Å²) in [6.45, 7) is 0.622. The van der Waals surface area contributed by atoms with Gasteiger partial charge in [-0.05, 0) is 29.8 Å². The van der Waals surface area contributed by atoms with Crippen molar-refractivity contribution in [3.63, 3.8) is 0 Å². The zero-order valence-electron chi connectivity index (χ0n) is 12.4. The van der Waals surface area contributed by atoms with Gasteiger partial charge in [-0.25, -0.2) is 0 Å². The molecule has 0 heterocycles. The van der Waals surface area contributed by atoms with E-state index in [0.717, 1.165) is 5.69 Å². The number of rotatable bonds is 6. The third kappa shape index (κ3) is 4.07. The maximum absolute atomic E-state index is 12.0. The normalized spacial score (nSPS) is 11.8. The maximum Gasteiger partial charge on any atom is 0.257 e. The molecule has 2 aromatic carbocycles. The first kappa shape index (κ1) is 16.0. The number of likely N-dealkylation sites (N-methyl/N-ethyl adjacent to an activating group) is 1. The van der Waals surface area contributed by atoms with Crippen LogP contribution in [0.5, 0.6) is 0 Å². The zero-order chi connectivity index (χ0) is 15.9. The molecule has 0 saturated heterocycles. The van der Waals surface area contributed by atoms with E-state index in [1.165, 1.54) is 0 Å². The number of hydrogen-bond acceptors (Lipinski definition) is 4. The molecule has 116 valence electrons. The van der Waals surface area contributed by atoms with Crippen molar-refractivity contribution in [1.82, 2.24) is 0 Å². The van der Waals surface area contributed by atoms with Gasteiger partial charge in [0.1, 0.15) is 0 Å². The van der Waals surface area contributed by atoms with Gasteiger partial charge in [-0.1, -0.05) is 30.3 Å². The van der Waals surface area contributed by atoms with Crippen LogP contribution in [0.25, 0.3) is 0 Å². The Labute approximate surface area is 129 Å². The molecule has 1 amide bonds. The summed E-state index contributed by atoms with van der Waals surface area (Å²) >= 11 is 0. The van der Waals surface area contributed by atoms with Gasteiger partial charge >= 0.3 is 0 Å². The number of nitrogens with one attached hydrogen (secondary N) is 1. The molecule has 2 aromatic rings. The lowest BCUT2D eigenvalue weighted by atomic mass is 10.1. The van der Waals surface area contributed by atoms with Crippen LogP contribution in [0.15, 0.2) is 54.6 Å². The van der Waals surface area contributed by atoms with Crippen LogP contribution in [0.4, 0.5) is 11.4 Å². The lowest BCUT2D eigenvalue weighted by Crippen LogP contribution is -2.22. The molecule has 22 heavy (non-hydrogen) atoms. The number of benzene rings is 2. The van der Waals surface area contributed by atoms with Crippen LogP contribution in [0.1, 0.15) is 11.7 Å². The van der Waals surface area contributed by atoms with Crippen LogP contribution in [-0.4, -0.2) is 36.3 Å². The highest BCUT2D eigenvalue weighted by Gasteiger charge is 2.16. The minimum Gasteiger partial charge on any atom is -0.395 e. The monoisotopic (exact) mass is 300 g/mol. The highest BCUT2D eigenvalue weighted by atomic mass is 16.3. The molecule has 0 aliphatic rings. The molecule has 0 bridgehead atoms. The van der Waals surface area contributed by atoms with E-state index >= 15 is 0 Å². The predicted octanol–water partition coefficient (Wildman–Crippen LogP) is 1.79. The Balaban J connectivity index is 2.00. The summed E-state index contributed by atoms with van der Waals surface area (Å²) < 4.78 is 0. The zero-order valence-corrected chi connectivity index (χ0v) is 12.4. The molecule has 5 heteroatoms. The first-order chi connectivity index (χ1) is 10.6. The number of nitrogens with zero attached hydrogens (tertiary/aromatic N) is 1. The summed E-state index contributed by atoms with van der Waals surface area (Å²) in [5.74, 6) is -0.470. The summed E-state index contributed by atoms with van der Waals surface area (Å²) in [4.78, 5) is 13.9. The minimum atomic E-state index is -1.20. The van der Waals surface area contributed by atoms with Crippen LogP contribution >= 0.6 is 0 Å². The van der Waals surface area contributed by atoms with Gasteiger partial charge < -0.3 is 20.4 Å². The Morgan fingerprint density at radius 1 is 1.14 bits per heavy atom.